The summed E-state index contributed by atoms with van der Waals surface area (Å²) in [6.07, 6.45) is 13.6. The first-order valence-corrected chi connectivity index (χ1v) is 10.4. The van der Waals surface area contributed by atoms with Crippen molar-refractivity contribution in [1.82, 2.24) is 0 Å². The second-order valence-corrected chi connectivity index (χ2v) is 7.84. The third kappa shape index (κ3) is 9.76. The van der Waals surface area contributed by atoms with Crippen LogP contribution in [-0.4, -0.2) is 53.3 Å². The fourth-order valence-electron chi connectivity index (χ4n) is 2.85. The summed E-state index contributed by atoms with van der Waals surface area (Å²) in [6, 6.07) is 7.15. The zero-order valence-electron chi connectivity index (χ0n) is 14.7. The van der Waals surface area contributed by atoms with E-state index in [0.717, 1.165) is 24.8 Å². The summed E-state index contributed by atoms with van der Waals surface area (Å²) in [5.41, 5.74) is 0.869. The van der Waals surface area contributed by atoms with E-state index in [1.807, 2.05) is 12.1 Å². The van der Waals surface area contributed by atoms with Gasteiger partial charge in [0.2, 0.25) is 0 Å². The van der Waals surface area contributed by atoms with E-state index in [0.29, 0.717) is 4.90 Å². The van der Waals surface area contributed by atoms with Gasteiger partial charge < -0.3 is 0 Å². The Kier molecular flexibility index (Phi) is 14.8. The van der Waals surface area contributed by atoms with Gasteiger partial charge in [-0.15, -0.1) is 0 Å². The van der Waals surface area contributed by atoms with Crippen molar-refractivity contribution in [2.24, 2.45) is 0 Å². The molecule has 136 valence electrons. The summed E-state index contributed by atoms with van der Waals surface area (Å²) in [5, 5.41) is 0. The third-order valence-electron chi connectivity index (χ3n) is 4.26. The van der Waals surface area contributed by atoms with Crippen LogP contribution in [0.4, 0.5) is 0 Å². The van der Waals surface area contributed by atoms with Crippen LogP contribution in [0, 0.1) is 0 Å². The molecule has 24 heavy (non-hydrogen) atoms. The van der Waals surface area contributed by atoms with Crippen molar-refractivity contribution in [2.75, 3.05) is 7.11 Å². The molecule has 0 bridgehead atoms. The molecule has 0 aliphatic rings. The van der Waals surface area contributed by atoms with Crippen molar-refractivity contribution < 1.29 is 12.6 Å². The molecule has 0 radical (unpaired) electrons. The van der Waals surface area contributed by atoms with Crippen molar-refractivity contribution in [3.63, 3.8) is 0 Å². The van der Waals surface area contributed by atoms with Gasteiger partial charge in [0.25, 0.3) is 10.1 Å². The Morgan fingerprint density at radius 3 is 1.88 bits per heavy atom. The molecule has 0 fully saturated rings. The number of unbranched alkanes of at least 4 members (excludes halogenated alkanes) is 9. The van der Waals surface area contributed by atoms with Crippen molar-refractivity contribution >= 4 is 47.9 Å². The van der Waals surface area contributed by atoms with E-state index in [2.05, 4.69) is 11.1 Å². The van der Waals surface area contributed by atoms with Gasteiger partial charge >= 0.3 is 37.7 Å². The second-order valence-electron chi connectivity index (χ2n) is 6.16. The Labute approximate surface area is 178 Å². The molecule has 0 saturated carbocycles. The molecule has 0 aliphatic heterocycles. The first-order valence-electron chi connectivity index (χ1n) is 9.00. The predicted molar refractivity (Wildman–Crippen MR) is 105 cm³/mol. The van der Waals surface area contributed by atoms with Gasteiger partial charge in [0.1, 0.15) is 0 Å². The Hall–Kier alpha value is 0.390. The molecular weight excluding hydrogens is 348 g/mol. The van der Waals surface area contributed by atoms with Crippen LogP contribution in [0.25, 0.3) is 0 Å². The molecule has 0 amide bonds. The minimum atomic E-state index is -3.59. The fraction of sp³-hybridized carbons (Fsp3) is 0.684. The molecule has 0 heterocycles. The summed E-state index contributed by atoms with van der Waals surface area (Å²) in [5.74, 6) is 0. The molecule has 0 aromatic heterocycles. The quantitative estimate of drug-likeness (QED) is 0.285. The van der Waals surface area contributed by atoms with Crippen molar-refractivity contribution in [3.8, 4) is 0 Å². The van der Waals surface area contributed by atoms with Crippen LogP contribution >= 0.6 is 0 Å². The van der Waals surface area contributed by atoms with Crippen LogP contribution in [-0.2, 0) is 20.7 Å². The van der Waals surface area contributed by atoms with Gasteiger partial charge in [-0.25, -0.2) is 0 Å². The summed E-state index contributed by atoms with van der Waals surface area (Å²) in [7, 11) is -2.38. The first-order chi connectivity index (χ1) is 11.1. The van der Waals surface area contributed by atoms with Crippen molar-refractivity contribution in [2.45, 2.75) is 82.4 Å². The van der Waals surface area contributed by atoms with Gasteiger partial charge in [-0.1, -0.05) is 82.9 Å². The van der Waals surface area contributed by atoms with Crippen LogP contribution < -0.4 is 0 Å². The average molecular weight is 383 g/mol. The molecule has 0 atom stereocenters. The first kappa shape index (κ1) is 24.4. The number of hydrogen-bond donors (Lipinski definition) is 0. The van der Waals surface area contributed by atoms with E-state index in [9.17, 15) is 8.42 Å². The van der Waals surface area contributed by atoms with E-state index in [-0.39, 0.29) is 37.7 Å². The van der Waals surface area contributed by atoms with Crippen LogP contribution in [0.5, 0.6) is 0 Å². The average Bonchev–Trinajstić information content (AvgIpc) is 2.57. The topological polar surface area (TPSA) is 43.4 Å². The molecule has 3 nitrogen and oxygen atoms in total. The molecular formula is C19H34CaO3S. The number of hydrogen-bond acceptors (Lipinski definition) is 3. The Morgan fingerprint density at radius 1 is 0.833 bits per heavy atom. The van der Waals surface area contributed by atoms with E-state index < -0.39 is 10.1 Å². The number of rotatable bonds is 13. The van der Waals surface area contributed by atoms with Crippen LogP contribution in [0.1, 0.15) is 76.7 Å². The molecule has 1 aromatic rings. The molecule has 0 unspecified atom stereocenters. The second kappa shape index (κ2) is 14.5. The fourth-order valence-corrected chi connectivity index (χ4v) is 3.76. The monoisotopic (exact) mass is 382 g/mol. The Morgan fingerprint density at radius 2 is 1.33 bits per heavy atom. The molecule has 0 N–H and O–H groups in total. The normalized spacial score (nSPS) is 11.2. The third-order valence-corrected chi connectivity index (χ3v) is 5.64. The van der Waals surface area contributed by atoms with Gasteiger partial charge in [-0.2, -0.15) is 8.42 Å². The maximum atomic E-state index is 11.9. The standard InChI is InChI=1S/C19H32O3S.Ca.2H/c1-3-4-5-6-7-8-9-10-11-12-15-18-16-13-14-17-19(18)23(20,21)22-2;;;/h13-14,16-17H,3-12,15H2,1-2H3;;;. The molecule has 0 spiro atoms. The summed E-state index contributed by atoms with van der Waals surface area (Å²) < 4.78 is 28.4. The summed E-state index contributed by atoms with van der Waals surface area (Å²) >= 11 is 0. The molecule has 0 aliphatic carbocycles. The Bertz CT molecular complexity index is 529. The maximum absolute atomic E-state index is 11.9. The van der Waals surface area contributed by atoms with Crippen LogP contribution in [0.2, 0.25) is 0 Å². The Balaban J connectivity index is 0.00000529. The number of aryl methyl sites for hydroxylation is 1. The van der Waals surface area contributed by atoms with Crippen LogP contribution in [0.15, 0.2) is 29.2 Å². The van der Waals surface area contributed by atoms with E-state index >= 15 is 0 Å². The van der Waals surface area contributed by atoms with E-state index in [1.54, 1.807) is 12.1 Å². The zero-order valence-corrected chi connectivity index (χ0v) is 15.5. The SMILES string of the molecule is CCCCCCCCCCCCc1ccccc1S(=O)(=O)OC.[CaH2]. The molecule has 5 heteroatoms. The summed E-state index contributed by atoms with van der Waals surface area (Å²) in [4.78, 5) is 0.318. The summed E-state index contributed by atoms with van der Waals surface area (Å²) in [6.45, 7) is 2.25. The van der Waals surface area contributed by atoms with Gasteiger partial charge in [-0.3, -0.25) is 4.18 Å². The van der Waals surface area contributed by atoms with Crippen molar-refractivity contribution in [1.29, 1.82) is 0 Å². The van der Waals surface area contributed by atoms with E-state index in [1.165, 1.54) is 58.5 Å². The van der Waals surface area contributed by atoms with E-state index in [4.69, 9.17) is 0 Å². The zero-order chi connectivity index (χ0) is 17.0. The predicted octanol–water partition coefficient (Wildman–Crippen LogP) is 4.57. The molecule has 0 saturated heterocycles. The minimum absolute atomic E-state index is 0. The molecule has 1 aromatic carbocycles. The van der Waals surface area contributed by atoms with Crippen molar-refractivity contribution in [3.05, 3.63) is 29.8 Å². The van der Waals surface area contributed by atoms with Crippen LogP contribution in [0.3, 0.4) is 0 Å². The van der Waals surface area contributed by atoms with Gasteiger partial charge in [0, 0.05) is 0 Å². The van der Waals surface area contributed by atoms with Gasteiger partial charge in [0.15, 0.2) is 0 Å². The number of benzene rings is 1. The molecule has 1 rings (SSSR count). The van der Waals surface area contributed by atoms with Gasteiger partial charge in [-0.05, 0) is 24.5 Å². The van der Waals surface area contributed by atoms with Gasteiger partial charge in [0.05, 0.1) is 12.0 Å².